The van der Waals surface area contributed by atoms with Gasteiger partial charge in [-0.15, -0.1) is 11.3 Å². The monoisotopic (exact) mass is 292 g/mol. The minimum Gasteiger partial charge on any atom is -0.293 e. The first kappa shape index (κ1) is 13.3. The number of carbonyl (C=O) groups excluding carboxylic acids is 1. The van der Waals surface area contributed by atoms with E-state index in [4.69, 9.17) is 5.84 Å². The lowest BCUT2D eigenvalue weighted by atomic mass is 9.89. The number of amides is 1. The number of thiophene rings is 1. The van der Waals surface area contributed by atoms with E-state index in [9.17, 15) is 9.59 Å². The Morgan fingerprint density at radius 3 is 3.20 bits per heavy atom. The summed E-state index contributed by atoms with van der Waals surface area (Å²) in [5, 5.41) is 0.684. The maximum atomic E-state index is 12.5. The summed E-state index contributed by atoms with van der Waals surface area (Å²) in [4.78, 5) is 30.2. The normalized spacial score (nSPS) is 18.0. The number of hydrogen-bond donors (Lipinski definition) is 2. The van der Waals surface area contributed by atoms with E-state index in [2.05, 4.69) is 11.9 Å². The fraction of sp³-hybridized carbons (Fsp3) is 0.462. The van der Waals surface area contributed by atoms with E-state index in [-0.39, 0.29) is 12.1 Å². The largest absolute Gasteiger partial charge is 0.293 e. The number of nitrogens with one attached hydrogen (secondary N) is 1. The van der Waals surface area contributed by atoms with Crippen molar-refractivity contribution in [2.24, 2.45) is 11.8 Å². The van der Waals surface area contributed by atoms with Gasteiger partial charge < -0.3 is 0 Å². The number of hydrogen-bond acceptors (Lipinski definition) is 5. The van der Waals surface area contributed by atoms with Gasteiger partial charge in [0.15, 0.2) is 0 Å². The molecule has 1 aliphatic carbocycles. The maximum absolute atomic E-state index is 12.5. The topological polar surface area (TPSA) is 90.0 Å². The number of nitrogens with two attached hydrogens (primary N) is 1. The summed E-state index contributed by atoms with van der Waals surface area (Å²) in [7, 11) is 0. The molecule has 2 heterocycles. The standard InChI is InChI=1S/C13H16N4O2S/c1-7-2-3-8-9(4-7)20-12-11(8)13(19)17(6-15-12)5-10(18)16-14/h6-7H,2-5,14H2,1H3,(H,16,18)/t7-/m1/s1. The highest BCUT2D eigenvalue weighted by molar-refractivity contribution is 7.18. The van der Waals surface area contributed by atoms with Gasteiger partial charge in [-0.25, -0.2) is 10.8 Å². The van der Waals surface area contributed by atoms with E-state index in [1.807, 2.05) is 5.43 Å². The molecular formula is C13H16N4O2S. The quantitative estimate of drug-likeness (QED) is 0.481. The predicted molar refractivity (Wildman–Crippen MR) is 77.4 cm³/mol. The molecule has 1 atom stereocenters. The third-order valence-corrected chi connectivity index (χ3v) is 4.92. The first-order chi connectivity index (χ1) is 9.60. The molecule has 20 heavy (non-hydrogen) atoms. The lowest BCUT2D eigenvalue weighted by Crippen LogP contribution is -2.36. The molecule has 0 spiro atoms. The second kappa shape index (κ2) is 4.99. The van der Waals surface area contributed by atoms with Crippen LogP contribution in [0.1, 0.15) is 23.8 Å². The van der Waals surface area contributed by atoms with Crippen molar-refractivity contribution in [3.8, 4) is 0 Å². The molecule has 2 aromatic heterocycles. The molecule has 2 aromatic rings. The van der Waals surface area contributed by atoms with Crippen LogP contribution in [-0.2, 0) is 24.2 Å². The van der Waals surface area contributed by atoms with Gasteiger partial charge in [0.05, 0.1) is 11.7 Å². The average molecular weight is 292 g/mol. The summed E-state index contributed by atoms with van der Waals surface area (Å²) in [6, 6.07) is 0. The van der Waals surface area contributed by atoms with E-state index < -0.39 is 5.91 Å². The molecule has 0 saturated heterocycles. The molecule has 106 valence electrons. The minimum absolute atomic E-state index is 0.0979. The highest BCUT2D eigenvalue weighted by atomic mass is 32.1. The molecule has 1 aliphatic rings. The van der Waals surface area contributed by atoms with Gasteiger partial charge in [0.2, 0.25) is 0 Å². The summed E-state index contributed by atoms with van der Waals surface area (Å²) in [5.41, 5.74) is 3.01. The van der Waals surface area contributed by atoms with E-state index in [1.54, 1.807) is 11.3 Å². The van der Waals surface area contributed by atoms with Crippen molar-refractivity contribution in [2.45, 2.75) is 32.7 Å². The highest BCUT2D eigenvalue weighted by Gasteiger charge is 2.23. The molecule has 3 N–H and O–H groups in total. The third-order valence-electron chi connectivity index (χ3n) is 3.76. The van der Waals surface area contributed by atoms with Gasteiger partial charge in [-0.2, -0.15) is 0 Å². The second-order valence-corrected chi connectivity index (χ2v) is 6.36. The Morgan fingerprint density at radius 2 is 2.45 bits per heavy atom. The number of aromatic nitrogens is 2. The Morgan fingerprint density at radius 1 is 1.65 bits per heavy atom. The average Bonchev–Trinajstić information content (AvgIpc) is 2.79. The van der Waals surface area contributed by atoms with Crippen LogP contribution in [0.4, 0.5) is 0 Å². The van der Waals surface area contributed by atoms with E-state index >= 15 is 0 Å². The molecule has 0 unspecified atom stereocenters. The summed E-state index contributed by atoms with van der Waals surface area (Å²) in [6.45, 7) is 2.13. The number of carbonyl (C=O) groups is 1. The van der Waals surface area contributed by atoms with Crippen LogP contribution < -0.4 is 16.8 Å². The first-order valence-electron chi connectivity index (χ1n) is 6.59. The molecule has 0 fully saturated rings. The van der Waals surface area contributed by atoms with E-state index in [0.717, 1.165) is 29.7 Å². The van der Waals surface area contributed by atoms with Crippen LogP contribution in [0.5, 0.6) is 0 Å². The molecule has 1 amide bonds. The van der Waals surface area contributed by atoms with Crippen LogP contribution in [-0.4, -0.2) is 15.5 Å². The van der Waals surface area contributed by atoms with Gasteiger partial charge in [0, 0.05) is 4.88 Å². The second-order valence-electron chi connectivity index (χ2n) is 5.28. The van der Waals surface area contributed by atoms with Crippen molar-refractivity contribution in [2.75, 3.05) is 0 Å². The Bertz CT molecular complexity index is 734. The van der Waals surface area contributed by atoms with Gasteiger partial charge in [0.25, 0.3) is 11.5 Å². The SMILES string of the molecule is C[C@@H]1CCc2c(sc3ncn(CC(=O)NN)c(=O)c23)C1. The Kier molecular flexibility index (Phi) is 3.31. The van der Waals surface area contributed by atoms with Gasteiger partial charge in [-0.1, -0.05) is 6.92 Å². The van der Waals surface area contributed by atoms with Crippen molar-refractivity contribution >= 4 is 27.5 Å². The van der Waals surface area contributed by atoms with Gasteiger partial charge in [0.1, 0.15) is 11.4 Å². The van der Waals surface area contributed by atoms with Crippen molar-refractivity contribution in [1.29, 1.82) is 0 Å². The molecule has 6 nitrogen and oxygen atoms in total. The maximum Gasteiger partial charge on any atom is 0.262 e. The number of hydrazine groups is 1. The van der Waals surface area contributed by atoms with Crippen LogP contribution in [0.2, 0.25) is 0 Å². The zero-order valence-corrected chi connectivity index (χ0v) is 12.0. The summed E-state index contributed by atoms with van der Waals surface area (Å²) < 4.78 is 1.32. The van der Waals surface area contributed by atoms with Crippen LogP contribution in [0.15, 0.2) is 11.1 Å². The number of fused-ring (bicyclic) bond motifs is 3. The Labute approximate surface area is 119 Å². The highest BCUT2D eigenvalue weighted by Crippen LogP contribution is 2.35. The summed E-state index contributed by atoms with van der Waals surface area (Å²) >= 11 is 1.60. The zero-order valence-electron chi connectivity index (χ0n) is 11.2. The van der Waals surface area contributed by atoms with Crippen molar-refractivity contribution < 1.29 is 4.79 Å². The third kappa shape index (κ3) is 2.12. The fourth-order valence-corrected chi connectivity index (χ4v) is 4.02. The Hall–Kier alpha value is -1.73. The molecule has 0 radical (unpaired) electrons. The van der Waals surface area contributed by atoms with Gasteiger partial charge >= 0.3 is 0 Å². The van der Waals surface area contributed by atoms with Crippen LogP contribution in [0, 0.1) is 5.92 Å². The number of nitrogens with zero attached hydrogens (tertiary/aromatic N) is 2. The first-order valence-corrected chi connectivity index (χ1v) is 7.41. The van der Waals surface area contributed by atoms with Crippen LogP contribution in [0.25, 0.3) is 10.2 Å². The lowest BCUT2D eigenvalue weighted by molar-refractivity contribution is -0.121. The van der Waals surface area contributed by atoms with Gasteiger partial charge in [-0.3, -0.25) is 19.6 Å². The predicted octanol–water partition coefficient (Wildman–Crippen LogP) is 0.573. The molecular weight excluding hydrogens is 276 g/mol. The Balaban J connectivity index is 2.13. The molecule has 0 bridgehead atoms. The minimum atomic E-state index is -0.411. The summed E-state index contributed by atoms with van der Waals surface area (Å²) in [5.74, 6) is 5.30. The number of aryl methyl sites for hydroxylation is 1. The van der Waals surface area contributed by atoms with Crippen molar-refractivity contribution in [1.82, 2.24) is 15.0 Å². The zero-order chi connectivity index (χ0) is 14.3. The van der Waals surface area contributed by atoms with Crippen LogP contribution >= 0.6 is 11.3 Å². The molecule has 7 heteroatoms. The van der Waals surface area contributed by atoms with Crippen molar-refractivity contribution in [3.05, 3.63) is 27.1 Å². The molecule has 0 aromatic carbocycles. The molecule has 0 saturated carbocycles. The summed E-state index contributed by atoms with van der Waals surface area (Å²) in [6.07, 6.45) is 4.45. The number of rotatable bonds is 2. The van der Waals surface area contributed by atoms with Gasteiger partial charge in [-0.05, 0) is 30.7 Å². The lowest BCUT2D eigenvalue weighted by Gasteiger charge is -2.17. The fourth-order valence-electron chi connectivity index (χ4n) is 2.68. The smallest absolute Gasteiger partial charge is 0.262 e. The van der Waals surface area contributed by atoms with Crippen LogP contribution in [0.3, 0.4) is 0 Å². The molecule has 0 aliphatic heterocycles. The van der Waals surface area contributed by atoms with E-state index in [1.165, 1.54) is 15.8 Å². The molecule has 3 rings (SSSR count). The van der Waals surface area contributed by atoms with E-state index in [0.29, 0.717) is 11.3 Å². The van der Waals surface area contributed by atoms with Crippen molar-refractivity contribution in [3.63, 3.8) is 0 Å².